The normalized spacial score (nSPS) is 20.4. The number of nitrogens with zero attached hydrogens (tertiary/aromatic N) is 4. The standard InChI is InChI=1S/C21H35N5O2/c1-4-18(16-24(2)3)23-20-6-5-17(15-22-20)21(27)26-9-7-19(8-10-26)25-11-13-28-14-12-25/h5-6,15,18-19H,4,7-14,16H2,1-3H3,(H,22,23). The van der Waals surface area contributed by atoms with Crippen LogP contribution < -0.4 is 5.32 Å². The second-order valence-corrected chi connectivity index (χ2v) is 8.12. The van der Waals surface area contributed by atoms with E-state index in [4.69, 9.17) is 4.74 Å². The van der Waals surface area contributed by atoms with Crippen molar-refractivity contribution in [1.82, 2.24) is 19.7 Å². The number of pyridine rings is 1. The van der Waals surface area contributed by atoms with Gasteiger partial charge in [0.1, 0.15) is 5.82 Å². The molecule has 0 bridgehead atoms. The van der Waals surface area contributed by atoms with Crippen molar-refractivity contribution in [3.05, 3.63) is 23.9 Å². The highest BCUT2D eigenvalue weighted by Gasteiger charge is 2.28. The van der Waals surface area contributed by atoms with Crippen LogP contribution in [0.25, 0.3) is 0 Å². The monoisotopic (exact) mass is 389 g/mol. The van der Waals surface area contributed by atoms with Gasteiger partial charge >= 0.3 is 0 Å². The van der Waals surface area contributed by atoms with E-state index >= 15 is 0 Å². The first kappa shape index (κ1) is 21.0. The second kappa shape index (κ2) is 10.2. The zero-order valence-corrected chi connectivity index (χ0v) is 17.6. The van der Waals surface area contributed by atoms with Crippen LogP contribution >= 0.6 is 0 Å². The van der Waals surface area contributed by atoms with Crippen LogP contribution in [0.5, 0.6) is 0 Å². The SMILES string of the molecule is CCC(CN(C)C)Nc1ccc(C(=O)N2CCC(N3CCOCC3)CC2)cn1. The Bertz CT molecular complexity index is 608. The third-order valence-electron chi connectivity index (χ3n) is 5.75. The van der Waals surface area contributed by atoms with Gasteiger partial charge in [0, 0.05) is 51.0 Å². The zero-order chi connectivity index (χ0) is 19.9. The lowest BCUT2D eigenvalue weighted by molar-refractivity contribution is 0.00158. The number of carbonyl (C=O) groups is 1. The third-order valence-corrected chi connectivity index (χ3v) is 5.75. The minimum absolute atomic E-state index is 0.0970. The van der Waals surface area contributed by atoms with Crippen LogP contribution in [0.15, 0.2) is 18.3 Å². The number of likely N-dealkylation sites (N-methyl/N-ethyl adjacent to an activating group) is 1. The van der Waals surface area contributed by atoms with Crippen molar-refractivity contribution < 1.29 is 9.53 Å². The Balaban J connectivity index is 1.50. The molecule has 1 N–H and O–H groups in total. The highest BCUT2D eigenvalue weighted by atomic mass is 16.5. The molecule has 1 atom stereocenters. The highest BCUT2D eigenvalue weighted by molar-refractivity contribution is 5.94. The number of anilines is 1. The number of likely N-dealkylation sites (tertiary alicyclic amines) is 1. The summed E-state index contributed by atoms with van der Waals surface area (Å²) in [6, 6.07) is 4.75. The maximum atomic E-state index is 12.8. The fourth-order valence-electron chi connectivity index (χ4n) is 4.09. The van der Waals surface area contributed by atoms with Crippen LogP contribution in [0.2, 0.25) is 0 Å². The molecule has 3 heterocycles. The molecular formula is C21H35N5O2. The van der Waals surface area contributed by atoms with E-state index < -0.39 is 0 Å². The van der Waals surface area contributed by atoms with E-state index in [0.717, 1.165) is 71.0 Å². The molecule has 2 aliphatic rings. The van der Waals surface area contributed by atoms with Gasteiger partial charge in [0.2, 0.25) is 0 Å². The Morgan fingerprint density at radius 1 is 1.25 bits per heavy atom. The maximum Gasteiger partial charge on any atom is 0.255 e. The van der Waals surface area contributed by atoms with Crippen molar-refractivity contribution in [2.24, 2.45) is 0 Å². The second-order valence-electron chi connectivity index (χ2n) is 8.12. The summed E-state index contributed by atoms with van der Waals surface area (Å²) in [5.74, 6) is 0.927. The summed E-state index contributed by atoms with van der Waals surface area (Å²) in [6.07, 6.45) is 4.82. The lowest BCUT2D eigenvalue weighted by Gasteiger charge is -2.40. The van der Waals surface area contributed by atoms with Gasteiger partial charge in [0.25, 0.3) is 5.91 Å². The number of ether oxygens (including phenoxy) is 1. The molecular weight excluding hydrogens is 354 g/mol. The quantitative estimate of drug-likeness (QED) is 0.767. The van der Waals surface area contributed by atoms with Gasteiger partial charge in [-0.3, -0.25) is 9.69 Å². The largest absolute Gasteiger partial charge is 0.379 e. The summed E-state index contributed by atoms with van der Waals surface area (Å²) in [4.78, 5) is 24.0. The van der Waals surface area contributed by atoms with Gasteiger partial charge in [-0.15, -0.1) is 0 Å². The van der Waals surface area contributed by atoms with Gasteiger partial charge in [-0.2, -0.15) is 0 Å². The van der Waals surface area contributed by atoms with Crippen molar-refractivity contribution in [2.45, 2.75) is 38.3 Å². The minimum atomic E-state index is 0.0970. The summed E-state index contributed by atoms with van der Waals surface area (Å²) >= 11 is 0. The van der Waals surface area contributed by atoms with E-state index in [1.807, 2.05) is 17.0 Å². The Kier molecular flexibility index (Phi) is 7.65. The highest BCUT2D eigenvalue weighted by Crippen LogP contribution is 2.20. The van der Waals surface area contributed by atoms with Crippen LogP contribution in [0, 0.1) is 0 Å². The molecule has 1 amide bonds. The van der Waals surface area contributed by atoms with Crippen molar-refractivity contribution in [3.8, 4) is 0 Å². The molecule has 0 aliphatic carbocycles. The van der Waals surface area contributed by atoms with Gasteiger partial charge < -0.3 is 19.9 Å². The topological polar surface area (TPSA) is 60.9 Å². The molecule has 1 unspecified atom stereocenters. The number of carbonyl (C=O) groups excluding carboxylic acids is 1. The summed E-state index contributed by atoms with van der Waals surface area (Å²) in [5.41, 5.74) is 0.677. The fourth-order valence-corrected chi connectivity index (χ4v) is 4.09. The van der Waals surface area contributed by atoms with Crippen molar-refractivity contribution >= 4 is 11.7 Å². The maximum absolute atomic E-state index is 12.8. The fraction of sp³-hybridized carbons (Fsp3) is 0.714. The van der Waals surface area contributed by atoms with Crippen LogP contribution in [0.4, 0.5) is 5.82 Å². The average molecular weight is 390 g/mol. The van der Waals surface area contributed by atoms with Gasteiger partial charge in [0.15, 0.2) is 0 Å². The number of nitrogens with one attached hydrogen (secondary N) is 1. The molecule has 2 aliphatic heterocycles. The van der Waals surface area contributed by atoms with Crippen molar-refractivity contribution in [3.63, 3.8) is 0 Å². The average Bonchev–Trinajstić information content (AvgIpc) is 2.74. The van der Waals surface area contributed by atoms with E-state index in [-0.39, 0.29) is 5.91 Å². The number of rotatable bonds is 7. The smallest absolute Gasteiger partial charge is 0.255 e. The van der Waals surface area contributed by atoms with E-state index in [9.17, 15) is 4.79 Å². The van der Waals surface area contributed by atoms with Crippen LogP contribution in [-0.2, 0) is 4.74 Å². The first-order valence-electron chi connectivity index (χ1n) is 10.5. The lowest BCUT2D eigenvalue weighted by atomic mass is 10.0. The Morgan fingerprint density at radius 2 is 1.96 bits per heavy atom. The number of amides is 1. The summed E-state index contributed by atoms with van der Waals surface area (Å²) in [5, 5.41) is 3.45. The number of hydrogen-bond donors (Lipinski definition) is 1. The molecule has 156 valence electrons. The molecule has 1 aromatic rings. The van der Waals surface area contributed by atoms with Gasteiger partial charge in [-0.1, -0.05) is 6.92 Å². The Labute approximate surface area is 169 Å². The molecule has 7 heteroatoms. The number of piperidine rings is 1. The van der Waals surface area contributed by atoms with E-state index in [1.54, 1.807) is 6.20 Å². The number of hydrogen-bond acceptors (Lipinski definition) is 6. The van der Waals surface area contributed by atoms with E-state index in [0.29, 0.717) is 17.6 Å². The molecule has 0 aromatic carbocycles. The molecule has 0 saturated carbocycles. The molecule has 2 fully saturated rings. The van der Waals surface area contributed by atoms with Crippen LogP contribution in [-0.4, -0.2) is 97.7 Å². The van der Waals surface area contributed by atoms with Gasteiger partial charge in [-0.25, -0.2) is 4.98 Å². The van der Waals surface area contributed by atoms with Gasteiger partial charge in [0.05, 0.1) is 18.8 Å². The Hall–Kier alpha value is -1.70. The molecule has 7 nitrogen and oxygen atoms in total. The minimum Gasteiger partial charge on any atom is -0.379 e. The zero-order valence-electron chi connectivity index (χ0n) is 17.6. The van der Waals surface area contributed by atoms with E-state index in [2.05, 4.69) is 41.1 Å². The van der Waals surface area contributed by atoms with Crippen LogP contribution in [0.1, 0.15) is 36.5 Å². The third kappa shape index (κ3) is 5.65. The molecule has 0 radical (unpaired) electrons. The Morgan fingerprint density at radius 3 is 2.54 bits per heavy atom. The first-order valence-corrected chi connectivity index (χ1v) is 10.5. The molecule has 28 heavy (non-hydrogen) atoms. The summed E-state index contributed by atoms with van der Waals surface area (Å²) in [7, 11) is 4.14. The van der Waals surface area contributed by atoms with Crippen molar-refractivity contribution in [2.75, 3.05) is 65.3 Å². The molecule has 2 saturated heterocycles. The number of morpholine rings is 1. The molecule has 3 rings (SSSR count). The predicted octanol–water partition coefficient (Wildman–Crippen LogP) is 1.77. The van der Waals surface area contributed by atoms with Gasteiger partial charge in [-0.05, 0) is 45.5 Å². The molecule has 1 aromatic heterocycles. The summed E-state index contributed by atoms with van der Waals surface area (Å²) < 4.78 is 5.45. The van der Waals surface area contributed by atoms with E-state index in [1.165, 1.54) is 0 Å². The predicted molar refractivity (Wildman–Crippen MR) is 112 cm³/mol. The lowest BCUT2D eigenvalue weighted by Crippen LogP contribution is -2.50. The molecule has 0 spiro atoms. The van der Waals surface area contributed by atoms with Crippen LogP contribution in [0.3, 0.4) is 0 Å². The summed E-state index contributed by atoms with van der Waals surface area (Å²) in [6.45, 7) is 8.46. The first-order chi connectivity index (χ1) is 13.6. The van der Waals surface area contributed by atoms with Crippen molar-refractivity contribution in [1.29, 1.82) is 0 Å². The number of aromatic nitrogens is 1.